The summed E-state index contributed by atoms with van der Waals surface area (Å²) < 4.78 is 1.84. The van der Waals surface area contributed by atoms with Gasteiger partial charge in [0.05, 0.1) is 17.7 Å². The number of nitrogens with one attached hydrogen (secondary N) is 1. The van der Waals surface area contributed by atoms with Crippen LogP contribution in [0.4, 0.5) is 11.6 Å². The van der Waals surface area contributed by atoms with Crippen LogP contribution < -0.4 is 10.2 Å². The van der Waals surface area contributed by atoms with Crippen LogP contribution in [0.1, 0.15) is 12.8 Å². The van der Waals surface area contributed by atoms with Crippen molar-refractivity contribution in [2.75, 3.05) is 30.4 Å². The Morgan fingerprint density at radius 1 is 1.18 bits per heavy atom. The van der Waals surface area contributed by atoms with Crippen molar-refractivity contribution in [1.82, 2.24) is 14.6 Å². The summed E-state index contributed by atoms with van der Waals surface area (Å²) in [7, 11) is 1.81. The van der Waals surface area contributed by atoms with Crippen LogP contribution in [0.15, 0.2) is 42.5 Å². The second-order valence-electron chi connectivity index (χ2n) is 7.12. The van der Waals surface area contributed by atoms with E-state index < -0.39 is 0 Å². The molecule has 0 atom stereocenters. The number of carbonyl (C=O) groups excluding carboxylic acids is 1. The minimum absolute atomic E-state index is 0.165. The van der Waals surface area contributed by atoms with Gasteiger partial charge in [-0.05, 0) is 37.1 Å². The van der Waals surface area contributed by atoms with Gasteiger partial charge in [0.2, 0.25) is 5.95 Å². The molecule has 2 aliphatic rings. The number of nitrogens with zero attached hydrogens (tertiary/aromatic N) is 5. The van der Waals surface area contributed by atoms with Gasteiger partial charge < -0.3 is 15.0 Å². The number of pyridine rings is 1. The fourth-order valence-electron chi connectivity index (χ4n) is 3.08. The van der Waals surface area contributed by atoms with Gasteiger partial charge in [0, 0.05) is 37.3 Å². The topological polar surface area (TPSA) is 86.3 Å². The molecular formula is C21H22N6O. The zero-order valence-electron chi connectivity index (χ0n) is 15.7. The maximum absolute atomic E-state index is 9.57. The van der Waals surface area contributed by atoms with E-state index in [2.05, 4.69) is 50.6 Å². The number of anilines is 2. The third kappa shape index (κ3) is 3.67. The Morgan fingerprint density at radius 3 is 2.50 bits per heavy atom. The summed E-state index contributed by atoms with van der Waals surface area (Å²) >= 11 is 0. The molecule has 7 heteroatoms. The van der Waals surface area contributed by atoms with Crippen LogP contribution >= 0.6 is 0 Å². The van der Waals surface area contributed by atoms with E-state index in [1.807, 2.05) is 29.8 Å². The third-order valence-electron chi connectivity index (χ3n) is 4.99. The van der Waals surface area contributed by atoms with Crippen molar-refractivity contribution in [3.8, 4) is 17.3 Å². The summed E-state index contributed by atoms with van der Waals surface area (Å²) in [6.07, 6.45) is 3.31. The Balaban J connectivity index is 0.000000336. The van der Waals surface area contributed by atoms with E-state index in [9.17, 15) is 4.79 Å². The normalized spacial score (nSPS) is 15.9. The number of hydrogen-bond acceptors (Lipinski definition) is 6. The molecule has 1 saturated carbocycles. The molecule has 2 aromatic heterocycles. The summed E-state index contributed by atoms with van der Waals surface area (Å²) in [6.45, 7) is 1.64. The van der Waals surface area contributed by atoms with E-state index in [1.54, 1.807) is 0 Å². The second kappa shape index (κ2) is 7.69. The molecule has 3 aromatic rings. The standard InChI is InChI=1S/C17H16N6.C4H6O/c1-19-17-20-16-4-2-3-15(23(16)21-17)13-5-7-14(8-6-13)22-10-12(9-18)11-22;5-3-4-1-2-4/h2-8,12H,10-11H2,1H3,(H,19,21);3-4H,1-2H2. The molecule has 3 heterocycles. The first kappa shape index (κ1) is 18.0. The molecule has 1 aliphatic carbocycles. The number of rotatable bonds is 4. The predicted molar refractivity (Wildman–Crippen MR) is 108 cm³/mol. The number of nitriles is 1. The number of aldehydes is 1. The number of aromatic nitrogens is 3. The van der Waals surface area contributed by atoms with E-state index in [1.165, 1.54) is 0 Å². The van der Waals surface area contributed by atoms with Gasteiger partial charge in [-0.15, -0.1) is 5.10 Å². The van der Waals surface area contributed by atoms with Crippen molar-refractivity contribution in [1.29, 1.82) is 5.26 Å². The van der Waals surface area contributed by atoms with Crippen LogP contribution in [-0.2, 0) is 4.79 Å². The molecule has 0 radical (unpaired) electrons. The number of hydrogen-bond donors (Lipinski definition) is 1. The van der Waals surface area contributed by atoms with Gasteiger partial charge in [0.15, 0.2) is 5.65 Å². The summed E-state index contributed by atoms with van der Waals surface area (Å²) in [5.41, 5.74) is 4.06. The number of fused-ring (bicyclic) bond motifs is 1. The minimum atomic E-state index is 0.165. The van der Waals surface area contributed by atoms with Crippen molar-refractivity contribution < 1.29 is 4.79 Å². The highest BCUT2D eigenvalue weighted by Gasteiger charge is 2.26. The molecule has 1 aliphatic heterocycles. The maximum Gasteiger partial charge on any atom is 0.242 e. The molecule has 2 fully saturated rings. The Labute approximate surface area is 163 Å². The average Bonchev–Trinajstić information content (AvgIpc) is 3.45. The lowest BCUT2D eigenvalue weighted by Gasteiger charge is -2.37. The van der Waals surface area contributed by atoms with Crippen LogP contribution in [0.3, 0.4) is 0 Å². The SMILES string of the molecule is CNc1nc2cccc(-c3ccc(N4CC(C#N)C4)cc3)n2n1.O=CC1CC1. The first-order valence-corrected chi connectivity index (χ1v) is 9.45. The Morgan fingerprint density at radius 2 is 1.93 bits per heavy atom. The minimum Gasteiger partial charge on any atom is -0.369 e. The monoisotopic (exact) mass is 374 g/mol. The second-order valence-corrected chi connectivity index (χ2v) is 7.12. The van der Waals surface area contributed by atoms with E-state index in [0.29, 0.717) is 11.9 Å². The van der Waals surface area contributed by atoms with E-state index >= 15 is 0 Å². The molecule has 1 saturated heterocycles. The van der Waals surface area contributed by atoms with E-state index in [-0.39, 0.29) is 5.92 Å². The van der Waals surface area contributed by atoms with Crippen LogP contribution in [0, 0.1) is 23.2 Å². The van der Waals surface area contributed by atoms with Crippen LogP contribution in [0.25, 0.3) is 16.9 Å². The lowest BCUT2D eigenvalue weighted by Crippen LogP contribution is -2.45. The lowest BCUT2D eigenvalue weighted by atomic mass is 10.0. The molecule has 0 unspecified atom stereocenters. The molecule has 5 rings (SSSR count). The van der Waals surface area contributed by atoms with Crippen molar-refractivity contribution in [3.05, 3.63) is 42.5 Å². The van der Waals surface area contributed by atoms with Crippen molar-refractivity contribution >= 4 is 23.6 Å². The lowest BCUT2D eigenvalue weighted by molar-refractivity contribution is -0.108. The highest BCUT2D eigenvalue weighted by atomic mass is 16.1. The zero-order valence-corrected chi connectivity index (χ0v) is 15.7. The van der Waals surface area contributed by atoms with Gasteiger partial charge in [0.25, 0.3) is 0 Å². The molecule has 0 amide bonds. The van der Waals surface area contributed by atoms with Crippen LogP contribution in [0.2, 0.25) is 0 Å². The molecule has 7 nitrogen and oxygen atoms in total. The third-order valence-corrected chi connectivity index (χ3v) is 4.99. The maximum atomic E-state index is 9.57. The highest BCUT2D eigenvalue weighted by Crippen LogP contribution is 2.28. The molecule has 28 heavy (non-hydrogen) atoms. The van der Waals surface area contributed by atoms with E-state index in [0.717, 1.165) is 54.8 Å². The van der Waals surface area contributed by atoms with Gasteiger partial charge in [-0.25, -0.2) is 4.52 Å². The molecule has 0 bridgehead atoms. The largest absolute Gasteiger partial charge is 0.369 e. The average molecular weight is 374 g/mol. The smallest absolute Gasteiger partial charge is 0.242 e. The Bertz CT molecular complexity index is 1010. The first-order chi connectivity index (χ1) is 13.7. The molecule has 1 N–H and O–H groups in total. The summed E-state index contributed by atoms with van der Waals surface area (Å²) in [6, 6.07) is 16.6. The molecule has 0 spiro atoms. The van der Waals surface area contributed by atoms with Crippen molar-refractivity contribution in [2.24, 2.45) is 11.8 Å². The Hall–Kier alpha value is -3.40. The number of carbonyl (C=O) groups is 1. The van der Waals surface area contributed by atoms with Crippen LogP contribution in [0.5, 0.6) is 0 Å². The number of benzene rings is 1. The molecule has 142 valence electrons. The zero-order chi connectivity index (χ0) is 19.5. The van der Waals surface area contributed by atoms with Crippen LogP contribution in [-0.4, -0.2) is 41.0 Å². The Kier molecular flexibility index (Phi) is 4.94. The highest BCUT2D eigenvalue weighted by molar-refractivity contribution is 5.66. The fourth-order valence-corrected chi connectivity index (χ4v) is 3.08. The fraction of sp³-hybridized carbons (Fsp3) is 0.333. The molecular weight excluding hydrogens is 352 g/mol. The summed E-state index contributed by atoms with van der Waals surface area (Å²) in [5.74, 6) is 1.23. The van der Waals surface area contributed by atoms with Gasteiger partial charge in [-0.1, -0.05) is 18.2 Å². The van der Waals surface area contributed by atoms with Gasteiger partial charge in [0.1, 0.15) is 6.29 Å². The first-order valence-electron chi connectivity index (χ1n) is 9.45. The quantitative estimate of drug-likeness (QED) is 0.707. The molecule has 1 aromatic carbocycles. The predicted octanol–water partition coefficient (Wildman–Crippen LogP) is 2.99. The van der Waals surface area contributed by atoms with Gasteiger partial charge in [-0.3, -0.25) is 0 Å². The summed E-state index contributed by atoms with van der Waals surface area (Å²) in [5, 5.41) is 16.3. The van der Waals surface area contributed by atoms with Gasteiger partial charge in [-0.2, -0.15) is 10.2 Å². The van der Waals surface area contributed by atoms with Crippen molar-refractivity contribution in [3.63, 3.8) is 0 Å². The van der Waals surface area contributed by atoms with Gasteiger partial charge >= 0.3 is 0 Å². The summed E-state index contributed by atoms with van der Waals surface area (Å²) in [4.78, 5) is 16.2. The van der Waals surface area contributed by atoms with Crippen molar-refractivity contribution in [2.45, 2.75) is 12.8 Å². The van der Waals surface area contributed by atoms with E-state index in [4.69, 9.17) is 5.26 Å².